The standard InChI is InChI=1S/C36H42N2O7S/c1-6-43-36(40)28-14-12-27(13-15-28)32-23(2)20-29(21-24(32)3)44-19-18-38-25(4)34(39)30-16-17-31(35(33(30)37)46(5,41)42)45-22-26-10-8-7-9-11-26/h7-17,20-21,25,34,38-39H,6,18-19,22,37H2,1-5H3/t25-,34-/m0/s1. The third-order valence-corrected chi connectivity index (χ3v) is 8.78. The molecular formula is C36H42N2O7S. The van der Waals surface area contributed by atoms with Crippen molar-refractivity contribution in [1.82, 2.24) is 5.32 Å². The van der Waals surface area contributed by atoms with Gasteiger partial charge in [0.15, 0.2) is 9.84 Å². The van der Waals surface area contributed by atoms with Crippen LogP contribution in [-0.4, -0.2) is 51.5 Å². The first-order valence-electron chi connectivity index (χ1n) is 15.1. The molecule has 0 aliphatic rings. The minimum atomic E-state index is -3.76. The van der Waals surface area contributed by atoms with E-state index in [0.717, 1.165) is 34.1 Å². The normalized spacial score (nSPS) is 12.7. The van der Waals surface area contributed by atoms with Crippen LogP contribution >= 0.6 is 0 Å². The Morgan fingerprint density at radius 2 is 1.61 bits per heavy atom. The smallest absolute Gasteiger partial charge is 0.338 e. The largest absolute Gasteiger partial charge is 0.492 e. The van der Waals surface area contributed by atoms with Gasteiger partial charge in [0.25, 0.3) is 0 Å². The van der Waals surface area contributed by atoms with Crippen molar-refractivity contribution in [2.45, 2.75) is 51.3 Å². The van der Waals surface area contributed by atoms with E-state index in [1.54, 1.807) is 32.0 Å². The molecule has 0 aliphatic carbocycles. The zero-order valence-electron chi connectivity index (χ0n) is 26.9. The zero-order chi connectivity index (χ0) is 33.4. The first-order valence-corrected chi connectivity index (χ1v) is 17.0. The van der Waals surface area contributed by atoms with Crippen LogP contribution in [0.5, 0.6) is 11.5 Å². The predicted molar refractivity (Wildman–Crippen MR) is 180 cm³/mol. The molecule has 4 aromatic rings. The highest BCUT2D eigenvalue weighted by atomic mass is 32.2. The maximum absolute atomic E-state index is 12.7. The number of nitrogens with two attached hydrogens (primary N) is 1. The molecule has 9 nitrogen and oxygen atoms in total. The molecule has 10 heteroatoms. The second kappa shape index (κ2) is 15.3. The molecule has 2 atom stereocenters. The number of ether oxygens (including phenoxy) is 3. The van der Waals surface area contributed by atoms with Crippen molar-refractivity contribution in [3.05, 3.63) is 107 Å². The van der Waals surface area contributed by atoms with Gasteiger partial charge in [-0.05, 0) is 85.8 Å². The van der Waals surface area contributed by atoms with Crippen LogP contribution in [0.2, 0.25) is 0 Å². The van der Waals surface area contributed by atoms with Gasteiger partial charge < -0.3 is 30.4 Å². The second-order valence-electron chi connectivity index (χ2n) is 11.2. The van der Waals surface area contributed by atoms with Gasteiger partial charge in [0.2, 0.25) is 0 Å². The number of nitrogen functional groups attached to an aromatic ring is 1. The number of hydrogen-bond acceptors (Lipinski definition) is 9. The predicted octanol–water partition coefficient (Wildman–Crippen LogP) is 5.80. The van der Waals surface area contributed by atoms with Crippen LogP contribution in [0.4, 0.5) is 5.69 Å². The minimum Gasteiger partial charge on any atom is -0.492 e. The van der Waals surface area contributed by atoms with E-state index in [-0.39, 0.29) is 28.9 Å². The Morgan fingerprint density at radius 3 is 2.22 bits per heavy atom. The fourth-order valence-corrected chi connectivity index (χ4v) is 6.38. The number of rotatable bonds is 14. The van der Waals surface area contributed by atoms with Crippen molar-refractivity contribution < 1.29 is 32.5 Å². The number of hydrogen-bond donors (Lipinski definition) is 3. The van der Waals surface area contributed by atoms with E-state index in [0.29, 0.717) is 36.6 Å². The number of esters is 1. The van der Waals surface area contributed by atoms with Crippen molar-refractivity contribution in [3.8, 4) is 22.6 Å². The maximum Gasteiger partial charge on any atom is 0.338 e. The fourth-order valence-electron chi connectivity index (χ4n) is 5.37. The van der Waals surface area contributed by atoms with Crippen LogP contribution in [0.1, 0.15) is 52.6 Å². The van der Waals surface area contributed by atoms with Gasteiger partial charge in [-0.15, -0.1) is 0 Å². The van der Waals surface area contributed by atoms with Crippen LogP contribution in [0.3, 0.4) is 0 Å². The average Bonchev–Trinajstić information content (AvgIpc) is 3.01. The highest BCUT2D eigenvalue weighted by Crippen LogP contribution is 2.37. The molecule has 0 saturated heterocycles. The number of carbonyl (C=O) groups excluding carboxylic acids is 1. The summed E-state index contributed by atoms with van der Waals surface area (Å²) < 4.78 is 42.3. The van der Waals surface area contributed by atoms with E-state index >= 15 is 0 Å². The Balaban J connectivity index is 1.37. The first kappa shape index (κ1) is 34.5. The lowest BCUT2D eigenvalue weighted by Crippen LogP contribution is -2.35. The molecule has 0 bridgehead atoms. The first-order chi connectivity index (χ1) is 21.9. The van der Waals surface area contributed by atoms with E-state index in [1.807, 2.05) is 68.4 Å². The Hall–Kier alpha value is -4.38. The molecule has 4 rings (SSSR count). The monoisotopic (exact) mass is 646 g/mol. The van der Waals surface area contributed by atoms with E-state index in [1.165, 1.54) is 6.07 Å². The molecule has 244 valence electrons. The molecule has 0 saturated carbocycles. The highest BCUT2D eigenvalue weighted by molar-refractivity contribution is 7.91. The topological polar surface area (TPSA) is 137 Å². The minimum absolute atomic E-state index is 0.0352. The van der Waals surface area contributed by atoms with E-state index < -0.39 is 22.0 Å². The van der Waals surface area contributed by atoms with Gasteiger partial charge in [-0.25, -0.2) is 13.2 Å². The molecule has 0 fully saturated rings. The number of nitrogens with one attached hydrogen (secondary N) is 1. The number of aliphatic hydroxyl groups is 1. The molecule has 0 amide bonds. The van der Waals surface area contributed by atoms with Crippen LogP contribution in [-0.2, 0) is 21.2 Å². The second-order valence-corrected chi connectivity index (χ2v) is 13.2. The summed E-state index contributed by atoms with van der Waals surface area (Å²) in [5.41, 5.74) is 12.1. The summed E-state index contributed by atoms with van der Waals surface area (Å²) in [6, 6.07) is 23.4. The van der Waals surface area contributed by atoms with Crippen molar-refractivity contribution in [2.75, 3.05) is 31.7 Å². The molecule has 0 spiro atoms. The van der Waals surface area contributed by atoms with Crippen LogP contribution in [0.15, 0.2) is 83.8 Å². The van der Waals surface area contributed by atoms with Crippen molar-refractivity contribution in [1.29, 1.82) is 0 Å². The summed E-state index contributed by atoms with van der Waals surface area (Å²) in [6.07, 6.45) is -0.0104. The number of aliphatic hydroxyl groups excluding tert-OH is 1. The Labute approximate surface area is 271 Å². The van der Waals surface area contributed by atoms with Gasteiger partial charge in [0.1, 0.15) is 29.6 Å². The van der Waals surface area contributed by atoms with E-state index in [4.69, 9.17) is 19.9 Å². The lowest BCUT2D eigenvalue weighted by Gasteiger charge is -2.24. The summed E-state index contributed by atoms with van der Waals surface area (Å²) in [5, 5.41) is 14.4. The summed E-state index contributed by atoms with van der Waals surface area (Å²) in [7, 11) is -3.76. The molecule has 46 heavy (non-hydrogen) atoms. The fraction of sp³-hybridized carbons (Fsp3) is 0.306. The van der Waals surface area contributed by atoms with Gasteiger partial charge in [0.05, 0.1) is 24.0 Å². The zero-order valence-corrected chi connectivity index (χ0v) is 27.7. The van der Waals surface area contributed by atoms with Crippen molar-refractivity contribution >= 4 is 21.5 Å². The molecule has 0 radical (unpaired) electrons. The lowest BCUT2D eigenvalue weighted by atomic mass is 9.95. The third-order valence-electron chi connectivity index (χ3n) is 7.62. The third kappa shape index (κ3) is 8.45. The van der Waals surface area contributed by atoms with Gasteiger partial charge in [-0.2, -0.15) is 0 Å². The van der Waals surface area contributed by atoms with Crippen LogP contribution < -0.4 is 20.5 Å². The lowest BCUT2D eigenvalue weighted by molar-refractivity contribution is 0.0526. The molecule has 0 heterocycles. The van der Waals surface area contributed by atoms with Gasteiger partial charge >= 0.3 is 5.97 Å². The number of sulfone groups is 1. The summed E-state index contributed by atoms with van der Waals surface area (Å²) in [4.78, 5) is 11.9. The molecule has 4 aromatic carbocycles. The summed E-state index contributed by atoms with van der Waals surface area (Å²) >= 11 is 0. The SMILES string of the molecule is CCOC(=O)c1ccc(-c2c(C)cc(OCCN[C@@H](C)[C@H](O)c3ccc(OCc4ccccc4)c(S(C)(=O)=O)c3N)cc2C)cc1. The average molecular weight is 647 g/mol. The molecule has 4 N–H and O–H groups in total. The highest BCUT2D eigenvalue weighted by Gasteiger charge is 2.26. The van der Waals surface area contributed by atoms with E-state index in [2.05, 4.69) is 5.32 Å². The quantitative estimate of drug-likeness (QED) is 0.0882. The number of benzene rings is 4. The number of anilines is 1. The Bertz CT molecular complexity index is 1730. The summed E-state index contributed by atoms with van der Waals surface area (Å²) in [6.45, 7) is 8.85. The van der Waals surface area contributed by atoms with Crippen LogP contribution in [0.25, 0.3) is 11.1 Å². The molecular weight excluding hydrogens is 604 g/mol. The maximum atomic E-state index is 12.7. The van der Waals surface area contributed by atoms with Gasteiger partial charge in [-0.3, -0.25) is 0 Å². The molecule has 0 aromatic heterocycles. The molecule has 0 aliphatic heterocycles. The van der Waals surface area contributed by atoms with Gasteiger partial charge in [0, 0.05) is 24.4 Å². The van der Waals surface area contributed by atoms with Gasteiger partial charge in [-0.1, -0.05) is 48.5 Å². The Kier molecular flexibility index (Phi) is 11.4. The van der Waals surface area contributed by atoms with Crippen molar-refractivity contribution in [2.24, 2.45) is 0 Å². The van der Waals surface area contributed by atoms with E-state index in [9.17, 15) is 18.3 Å². The van der Waals surface area contributed by atoms with Crippen molar-refractivity contribution in [3.63, 3.8) is 0 Å². The summed E-state index contributed by atoms with van der Waals surface area (Å²) in [5.74, 6) is 0.509. The number of aryl methyl sites for hydroxylation is 2. The van der Waals surface area contributed by atoms with Crippen LogP contribution in [0, 0.1) is 13.8 Å². The molecule has 0 unspecified atom stereocenters. The Morgan fingerprint density at radius 1 is 0.957 bits per heavy atom. The number of carbonyl (C=O) groups is 1.